The van der Waals surface area contributed by atoms with E-state index in [0.29, 0.717) is 6.54 Å². The minimum absolute atomic E-state index is 0.104. The second-order valence-corrected chi connectivity index (χ2v) is 6.41. The summed E-state index contributed by atoms with van der Waals surface area (Å²) >= 11 is 0. The van der Waals surface area contributed by atoms with Crippen LogP contribution in [-0.2, 0) is 11.2 Å². The van der Waals surface area contributed by atoms with Crippen LogP contribution >= 0.6 is 0 Å². The maximum atomic E-state index is 13.5. The Bertz CT molecular complexity index is 535. The third kappa shape index (κ3) is 4.03. The Hall–Kier alpha value is -1.49. The Morgan fingerprint density at radius 1 is 1.41 bits per heavy atom. The van der Waals surface area contributed by atoms with Gasteiger partial charge in [-0.05, 0) is 30.9 Å². The molecule has 3 nitrogen and oxygen atoms in total. The first-order valence-corrected chi connectivity index (χ1v) is 7.80. The van der Waals surface area contributed by atoms with Crippen molar-refractivity contribution >= 4 is 5.91 Å². The quantitative estimate of drug-likeness (QED) is 0.878. The molecule has 0 heterocycles. The van der Waals surface area contributed by atoms with E-state index < -0.39 is 17.7 Å². The number of carbonyl (C=O) groups excluding carboxylic acids is 1. The fraction of sp³-hybridized carbons (Fsp3) is 0.588. The number of aliphatic hydroxyl groups excluding tert-OH is 1. The van der Waals surface area contributed by atoms with Gasteiger partial charge in [-0.15, -0.1) is 0 Å². The average Bonchev–Trinajstić information content (AvgIpc) is 2.50. The molecule has 1 aromatic carbocycles. The van der Waals surface area contributed by atoms with Crippen molar-refractivity contribution in [3.8, 4) is 0 Å². The van der Waals surface area contributed by atoms with Crippen molar-refractivity contribution in [3.05, 3.63) is 35.4 Å². The predicted molar refractivity (Wildman–Crippen MR) is 80.3 cm³/mol. The van der Waals surface area contributed by atoms with Gasteiger partial charge in [0.15, 0.2) is 11.6 Å². The zero-order valence-electron chi connectivity index (χ0n) is 12.9. The molecule has 2 rings (SSSR count). The molecular formula is C17H23F2NO2. The molecule has 2 N–H and O–H groups in total. The maximum absolute atomic E-state index is 13.5. The fourth-order valence-electron chi connectivity index (χ4n) is 2.97. The number of nitrogens with one attached hydrogen (secondary N) is 1. The lowest BCUT2D eigenvalue weighted by Gasteiger charge is -2.38. The Morgan fingerprint density at radius 2 is 2.18 bits per heavy atom. The molecule has 0 bridgehead atoms. The number of amides is 1. The number of benzene rings is 1. The predicted octanol–water partition coefficient (Wildman–Crippen LogP) is 2.95. The molecule has 1 saturated carbocycles. The summed E-state index contributed by atoms with van der Waals surface area (Å²) in [5.41, 5.74) is -0.0862. The second-order valence-electron chi connectivity index (χ2n) is 6.41. The number of aryl methyl sites for hydroxylation is 1. The molecule has 0 aromatic heterocycles. The zero-order chi connectivity index (χ0) is 16.2. The van der Waals surface area contributed by atoms with Crippen LogP contribution in [0.3, 0.4) is 0 Å². The lowest BCUT2D eigenvalue weighted by atomic mass is 9.73. The van der Waals surface area contributed by atoms with Crippen molar-refractivity contribution in [1.82, 2.24) is 5.32 Å². The number of hydrogen-bond acceptors (Lipinski definition) is 2. The highest BCUT2D eigenvalue weighted by atomic mass is 19.2. The second kappa shape index (κ2) is 7.18. The van der Waals surface area contributed by atoms with Gasteiger partial charge in [0.2, 0.25) is 5.91 Å². The SMILES string of the molecule is C[C@@]1(CNC(=O)CCc2cccc(F)c2F)CCCC[C@@H]1O. The van der Waals surface area contributed by atoms with Crippen LogP contribution in [0.25, 0.3) is 0 Å². The molecule has 2 atom stereocenters. The van der Waals surface area contributed by atoms with E-state index in [1.165, 1.54) is 12.1 Å². The van der Waals surface area contributed by atoms with Crippen LogP contribution in [0.15, 0.2) is 18.2 Å². The molecule has 1 aliphatic rings. The first-order valence-electron chi connectivity index (χ1n) is 7.80. The van der Waals surface area contributed by atoms with E-state index in [4.69, 9.17) is 0 Å². The van der Waals surface area contributed by atoms with E-state index in [2.05, 4.69) is 5.32 Å². The molecule has 1 aliphatic carbocycles. The van der Waals surface area contributed by atoms with Crippen molar-refractivity contribution in [2.24, 2.45) is 5.41 Å². The standard InChI is InChI=1S/C17H23F2NO2/c1-17(10-3-2-7-14(17)21)11-20-15(22)9-8-12-5-4-6-13(18)16(12)19/h4-6,14,21H,2-3,7-11H2,1H3,(H,20,22)/t14-,17-/m0/s1. The normalized spacial score (nSPS) is 25.0. The van der Waals surface area contributed by atoms with Crippen molar-refractivity contribution in [2.75, 3.05) is 6.54 Å². The Kier molecular flexibility index (Phi) is 5.51. The van der Waals surface area contributed by atoms with Crippen LogP contribution in [0, 0.1) is 17.0 Å². The highest BCUT2D eigenvalue weighted by Gasteiger charge is 2.35. The molecule has 5 heteroatoms. The van der Waals surface area contributed by atoms with Crippen molar-refractivity contribution < 1.29 is 18.7 Å². The highest BCUT2D eigenvalue weighted by Crippen LogP contribution is 2.35. The summed E-state index contributed by atoms with van der Waals surface area (Å²) in [5, 5.41) is 12.9. The van der Waals surface area contributed by atoms with Gasteiger partial charge >= 0.3 is 0 Å². The maximum Gasteiger partial charge on any atom is 0.220 e. The van der Waals surface area contributed by atoms with Gasteiger partial charge in [-0.25, -0.2) is 8.78 Å². The number of halogens is 2. The molecule has 0 aliphatic heterocycles. The molecule has 0 spiro atoms. The molecular weight excluding hydrogens is 288 g/mol. The lowest BCUT2D eigenvalue weighted by Crippen LogP contribution is -2.45. The summed E-state index contributed by atoms with van der Waals surface area (Å²) in [5.74, 6) is -1.98. The first-order chi connectivity index (χ1) is 10.4. The van der Waals surface area contributed by atoms with Gasteiger partial charge in [0.1, 0.15) is 0 Å². The van der Waals surface area contributed by atoms with Gasteiger partial charge in [-0.1, -0.05) is 31.9 Å². The molecule has 0 radical (unpaired) electrons. The summed E-state index contributed by atoms with van der Waals surface area (Å²) in [6.07, 6.45) is 3.58. The van der Waals surface area contributed by atoms with Crippen molar-refractivity contribution in [3.63, 3.8) is 0 Å². The summed E-state index contributed by atoms with van der Waals surface area (Å²) < 4.78 is 26.6. The van der Waals surface area contributed by atoms with Gasteiger partial charge in [0, 0.05) is 18.4 Å². The Balaban J connectivity index is 1.82. The first kappa shape index (κ1) is 16.9. The van der Waals surface area contributed by atoms with Gasteiger partial charge < -0.3 is 10.4 Å². The van der Waals surface area contributed by atoms with Gasteiger partial charge in [0.25, 0.3) is 0 Å². The monoisotopic (exact) mass is 311 g/mol. The van der Waals surface area contributed by atoms with Crippen molar-refractivity contribution in [2.45, 2.75) is 51.6 Å². The fourth-order valence-corrected chi connectivity index (χ4v) is 2.97. The summed E-state index contributed by atoms with van der Waals surface area (Å²) in [7, 11) is 0. The smallest absolute Gasteiger partial charge is 0.220 e. The van der Waals surface area contributed by atoms with Crippen LogP contribution in [0.1, 0.15) is 44.6 Å². The van der Waals surface area contributed by atoms with Crippen LogP contribution in [0.5, 0.6) is 0 Å². The van der Waals surface area contributed by atoms with Gasteiger partial charge in [-0.3, -0.25) is 4.79 Å². The van der Waals surface area contributed by atoms with Crippen LogP contribution in [0.2, 0.25) is 0 Å². The van der Waals surface area contributed by atoms with E-state index in [9.17, 15) is 18.7 Å². The third-order valence-corrected chi connectivity index (χ3v) is 4.62. The molecule has 0 unspecified atom stereocenters. The largest absolute Gasteiger partial charge is 0.392 e. The number of carbonyl (C=O) groups is 1. The Morgan fingerprint density at radius 3 is 2.91 bits per heavy atom. The van der Waals surface area contributed by atoms with Gasteiger partial charge in [0.05, 0.1) is 6.10 Å². The van der Waals surface area contributed by atoms with E-state index in [-0.39, 0.29) is 29.7 Å². The topological polar surface area (TPSA) is 49.3 Å². The summed E-state index contributed by atoms with van der Waals surface area (Å²) in [4.78, 5) is 11.9. The molecule has 22 heavy (non-hydrogen) atoms. The van der Waals surface area contributed by atoms with E-state index in [0.717, 1.165) is 31.7 Å². The highest BCUT2D eigenvalue weighted by molar-refractivity contribution is 5.76. The van der Waals surface area contributed by atoms with Crippen LogP contribution < -0.4 is 5.32 Å². The minimum Gasteiger partial charge on any atom is -0.392 e. The van der Waals surface area contributed by atoms with Crippen LogP contribution in [-0.4, -0.2) is 23.7 Å². The number of aliphatic hydroxyl groups is 1. The third-order valence-electron chi connectivity index (χ3n) is 4.62. The van der Waals surface area contributed by atoms with Crippen LogP contribution in [0.4, 0.5) is 8.78 Å². The lowest BCUT2D eigenvalue weighted by molar-refractivity contribution is -0.122. The van der Waals surface area contributed by atoms with E-state index in [1.54, 1.807) is 0 Å². The molecule has 1 fully saturated rings. The molecule has 1 amide bonds. The van der Waals surface area contributed by atoms with Gasteiger partial charge in [-0.2, -0.15) is 0 Å². The Labute approximate surface area is 129 Å². The van der Waals surface area contributed by atoms with E-state index >= 15 is 0 Å². The average molecular weight is 311 g/mol. The zero-order valence-corrected chi connectivity index (χ0v) is 12.9. The summed E-state index contributed by atoms with van der Waals surface area (Å²) in [6.45, 7) is 2.39. The minimum atomic E-state index is -0.893. The number of rotatable bonds is 5. The summed E-state index contributed by atoms with van der Waals surface area (Å²) in [6, 6.07) is 3.98. The molecule has 1 aromatic rings. The molecule has 0 saturated heterocycles. The van der Waals surface area contributed by atoms with Crippen molar-refractivity contribution in [1.29, 1.82) is 0 Å². The van der Waals surface area contributed by atoms with E-state index in [1.807, 2.05) is 6.92 Å². The number of hydrogen-bond donors (Lipinski definition) is 2. The molecule has 122 valence electrons.